The molecule has 6 nitrogen and oxygen atoms in total. The number of aliphatic hydroxyl groups excluding tert-OH is 1. The number of nitrogens with one attached hydrogen (secondary N) is 1. The predicted molar refractivity (Wildman–Crippen MR) is 70.6 cm³/mol. The number of allylic oxidation sites excluding steroid dienone is 1. The molecule has 0 fully saturated rings. The molecule has 6 heteroatoms. The van der Waals surface area contributed by atoms with E-state index < -0.39 is 0 Å². The Morgan fingerprint density at radius 3 is 3.11 bits per heavy atom. The SMILES string of the molecule is CC1=C[C@H](Cn2cnc3c(=O)[nH]cnc32)C[C@@H]1CO. The van der Waals surface area contributed by atoms with Crippen molar-refractivity contribution in [1.82, 2.24) is 19.5 Å². The van der Waals surface area contributed by atoms with Crippen molar-refractivity contribution in [1.29, 1.82) is 0 Å². The third kappa shape index (κ3) is 2.08. The summed E-state index contributed by atoms with van der Waals surface area (Å²) in [5, 5.41) is 9.27. The van der Waals surface area contributed by atoms with Crippen LogP contribution in [-0.4, -0.2) is 31.2 Å². The molecule has 2 aromatic rings. The summed E-state index contributed by atoms with van der Waals surface area (Å²) in [5.41, 5.74) is 2.01. The van der Waals surface area contributed by atoms with Crippen LogP contribution in [0.4, 0.5) is 0 Å². The maximum atomic E-state index is 11.6. The van der Waals surface area contributed by atoms with Crippen LogP contribution in [0.5, 0.6) is 0 Å². The van der Waals surface area contributed by atoms with Crippen LogP contribution in [0, 0.1) is 11.8 Å². The number of aliphatic hydroxyl groups is 1. The number of nitrogens with zero attached hydrogens (tertiary/aromatic N) is 3. The molecule has 0 unspecified atom stereocenters. The number of rotatable bonds is 3. The summed E-state index contributed by atoms with van der Waals surface area (Å²) in [5.74, 6) is 0.617. The van der Waals surface area contributed by atoms with Crippen molar-refractivity contribution in [3.8, 4) is 0 Å². The first-order chi connectivity index (χ1) is 9.19. The van der Waals surface area contributed by atoms with Gasteiger partial charge in [0.25, 0.3) is 5.56 Å². The monoisotopic (exact) mass is 260 g/mol. The van der Waals surface area contributed by atoms with Crippen LogP contribution >= 0.6 is 0 Å². The maximum Gasteiger partial charge on any atom is 0.278 e. The summed E-state index contributed by atoms with van der Waals surface area (Å²) in [6, 6.07) is 0. The van der Waals surface area contributed by atoms with E-state index >= 15 is 0 Å². The van der Waals surface area contributed by atoms with Gasteiger partial charge in [-0.2, -0.15) is 0 Å². The Labute approximate surface area is 109 Å². The Morgan fingerprint density at radius 1 is 1.53 bits per heavy atom. The van der Waals surface area contributed by atoms with Crippen molar-refractivity contribution < 1.29 is 5.11 Å². The van der Waals surface area contributed by atoms with E-state index in [2.05, 4.69) is 28.0 Å². The molecule has 100 valence electrons. The van der Waals surface area contributed by atoms with E-state index in [1.165, 1.54) is 11.9 Å². The van der Waals surface area contributed by atoms with E-state index in [1.54, 1.807) is 6.33 Å². The molecule has 2 N–H and O–H groups in total. The summed E-state index contributed by atoms with van der Waals surface area (Å²) in [6.07, 6.45) is 6.18. The van der Waals surface area contributed by atoms with Gasteiger partial charge in [-0.3, -0.25) is 4.79 Å². The quantitative estimate of drug-likeness (QED) is 0.795. The predicted octanol–water partition coefficient (Wildman–Crippen LogP) is 0.694. The zero-order valence-corrected chi connectivity index (χ0v) is 10.7. The van der Waals surface area contributed by atoms with E-state index in [-0.39, 0.29) is 18.1 Å². The summed E-state index contributed by atoms with van der Waals surface area (Å²) >= 11 is 0. The van der Waals surface area contributed by atoms with Crippen LogP contribution in [0.15, 0.2) is 29.1 Å². The molecule has 0 saturated heterocycles. The van der Waals surface area contributed by atoms with Gasteiger partial charge in [0.05, 0.1) is 12.7 Å². The molecule has 2 heterocycles. The highest BCUT2D eigenvalue weighted by molar-refractivity contribution is 5.68. The van der Waals surface area contributed by atoms with Crippen LogP contribution in [0.2, 0.25) is 0 Å². The van der Waals surface area contributed by atoms with Crippen LogP contribution in [0.3, 0.4) is 0 Å². The lowest BCUT2D eigenvalue weighted by molar-refractivity contribution is 0.236. The van der Waals surface area contributed by atoms with Crippen molar-refractivity contribution in [2.45, 2.75) is 19.9 Å². The normalized spacial score (nSPS) is 22.9. The average molecular weight is 260 g/mol. The van der Waals surface area contributed by atoms with E-state index in [4.69, 9.17) is 0 Å². The molecule has 0 aromatic carbocycles. The smallest absolute Gasteiger partial charge is 0.278 e. The number of imidazole rings is 1. The second-order valence-corrected chi connectivity index (χ2v) is 5.09. The zero-order valence-electron chi connectivity index (χ0n) is 10.7. The summed E-state index contributed by atoms with van der Waals surface area (Å²) in [6.45, 7) is 2.98. The second kappa shape index (κ2) is 4.62. The number of aromatic nitrogens is 4. The van der Waals surface area contributed by atoms with Gasteiger partial charge in [0.2, 0.25) is 0 Å². The molecule has 0 saturated carbocycles. The van der Waals surface area contributed by atoms with Crippen molar-refractivity contribution in [3.05, 3.63) is 34.7 Å². The zero-order chi connectivity index (χ0) is 13.4. The van der Waals surface area contributed by atoms with Crippen LogP contribution in [0.1, 0.15) is 13.3 Å². The first-order valence-electron chi connectivity index (χ1n) is 6.36. The molecule has 2 aromatic heterocycles. The van der Waals surface area contributed by atoms with Crippen LogP contribution < -0.4 is 5.56 Å². The Bertz CT molecular complexity index is 685. The molecule has 19 heavy (non-hydrogen) atoms. The fourth-order valence-corrected chi connectivity index (χ4v) is 2.75. The van der Waals surface area contributed by atoms with E-state index in [0.717, 1.165) is 13.0 Å². The fraction of sp³-hybridized carbons (Fsp3) is 0.462. The highest BCUT2D eigenvalue weighted by Crippen LogP contribution is 2.31. The third-order valence-corrected chi connectivity index (χ3v) is 3.79. The van der Waals surface area contributed by atoms with Gasteiger partial charge in [-0.15, -0.1) is 0 Å². The molecule has 2 atom stereocenters. The molecule has 0 aliphatic heterocycles. The first-order valence-corrected chi connectivity index (χ1v) is 6.36. The lowest BCUT2D eigenvalue weighted by atomic mass is 10.0. The van der Waals surface area contributed by atoms with Gasteiger partial charge in [-0.25, -0.2) is 9.97 Å². The molecule has 0 spiro atoms. The molecule has 1 aliphatic carbocycles. The van der Waals surface area contributed by atoms with E-state index in [9.17, 15) is 9.90 Å². The molecule has 0 radical (unpaired) electrons. The number of H-pyrrole nitrogens is 1. The Hall–Kier alpha value is -1.95. The van der Waals surface area contributed by atoms with Gasteiger partial charge in [-0.1, -0.05) is 11.6 Å². The van der Waals surface area contributed by atoms with Gasteiger partial charge < -0.3 is 14.7 Å². The number of hydrogen-bond acceptors (Lipinski definition) is 4. The first kappa shape index (κ1) is 12.1. The van der Waals surface area contributed by atoms with E-state index in [1.807, 2.05) is 4.57 Å². The minimum atomic E-state index is -0.213. The largest absolute Gasteiger partial charge is 0.396 e. The van der Waals surface area contributed by atoms with Crippen LogP contribution in [0.25, 0.3) is 11.2 Å². The number of hydrogen-bond donors (Lipinski definition) is 2. The minimum Gasteiger partial charge on any atom is -0.396 e. The van der Waals surface area contributed by atoms with Crippen molar-refractivity contribution in [3.63, 3.8) is 0 Å². The minimum absolute atomic E-state index is 0.196. The molecule has 3 rings (SSSR count). The Morgan fingerprint density at radius 2 is 2.37 bits per heavy atom. The summed E-state index contributed by atoms with van der Waals surface area (Å²) < 4.78 is 1.90. The summed E-state index contributed by atoms with van der Waals surface area (Å²) in [7, 11) is 0. The van der Waals surface area contributed by atoms with Gasteiger partial charge in [0, 0.05) is 19.1 Å². The lowest BCUT2D eigenvalue weighted by Crippen LogP contribution is -2.11. The van der Waals surface area contributed by atoms with E-state index in [0.29, 0.717) is 17.1 Å². The van der Waals surface area contributed by atoms with Crippen molar-refractivity contribution in [2.24, 2.45) is 11.8 Å². The standard InChI is InChI=1S/C13H16N4O2/c1-8-2-9(3-10(8)5-18)4-17-7-16-11-12(17)14-6-15-13(11)19/h2,6-7,9-10,18H,3-5H2,1H3,(H,14,15,19)/t9-,10+/m0/s1. The van der Waals surface area contributed by atoms with Gasteiger partial charge in [-0.05, 0) is 19.3 Å². The molecule has 1 aliphatic rings. The topological polar surface area (TPSA) is 83.8 Å². The van der Waals surface area contributed by atoms with Gasteiger partial charge in [0.1, 0.15) is 0 Å². The number of fused-ring (bicyclic) bond motifs is 1. The van der Waals surface area contributed by atoms with Crippen molar-refractivity contribution in [2.75, 3.05) is 6.61 Å². The maximum absolute atomic E-state index is 11.6. The van der Waals surface area contributed by atoms with Gasteiger partial charge >= 0.3 is 0 Å². The molecular formula is C13H16N4O2. The lowest BCUT2D eigenvalue weighted by Gasteiger charge is -2.11. The molecular weight excluding hydrogens is 244 g/mol. The second-order valence-electron chi connectivity index (χ2n) is 5.09. The average Bonchev–Trinajstić information content (AvgIpc) is 2.95. The molecule has 0 bridgehead atoms. The Balaban J connectivity index is 1.87. The van der Waals surface area contributed by atoms with Crippen LogP contribution in [-0.2, 0) is 6.54 Å². The third-order valence-electron chi connectivity index (χ3n) is 3.79. The Kier molecular flexibility index (Phi) is 2.94. The highest BCUT2D eigenvalue weighted by atomic mass is 16.3. The fourth-order valence-electron chi connectivity index (χ4n) is 2.75. The number of aromatic amines is 1. The van der Waals surface area contributed by atoms with Gasteiger partial charge in [0.15, 0.2) is 11.2 Å². The highest BCUT2D eigenvalue weighted by Gasteiger charge is 2.24. The summed E-state index contributed by atoms with van der Waals surface area (Å²) in [4.78, 5) is 22.4. The molecule has 0 amide bonds. The van der Waals surface area contributed by atoms with Crippen molar-refractivity contribution >= 4 is 11.2 Å².